The summed E-state index contributed by atoms with van der Waals surface area (Å²) in [6, 6.07) is 7.24. The summed E-state index contributed by atoms with van der Waals surface area (Å²) in [5.74, 6) is 0.365. The van der Waals surface area contributed by atoms with Crippen molar-refractivity contribution in [2.24, 2.45) is 10.7 Å². The van der Waals surface area contributed by atoms with Crippen LogP contribution >= 0.6 is 0 Å². The van der Waals surface area contributed by atoms with E-state index in [1.54, 1.807) is 12.1 Å². The van der Waals surface area contributed by atoms with Crippen LogP contribution in [-0.2, 0) is 5.41 Å². The molecule has 1 aromatic carbocycles. The van der Waals surface area contributed by atoms with E-state index in [4.69, 9.17) is 5.73 Å². The topological polar surface area (TPSA) is 41.6 Å². The molecule has 1 fully saturated rings. The Morgan fingerprint density at radius 2 is 2.16 bits per heavy atom. The van der Waals surface area contributed by atoms with Crippen molar-refractivity contribution in [2.75, 3.05) is 13.6 Å². The van der Waals surface area contributed by atoms with Crippen LogP contribution in [0.3, 0.4) is 0 Å². The molecule has 0 aromatic heterocycles. The third-order valence-electron chi connectivity index (χ3n) is 3.70. The van der Waals surface area contributed by atoms with Gasteiger partial charge in [-0.15, -0.1) is 0 Å². The Morgan fingerprint density at radius 1 is 1.47 bits per heavy atom. The number of aliphatic imine (C=N–C) groups is 1. The molecule has 0 bridgehead atoms. The van der Waals surface area contributed by atoms with Crippen molar-refractivity contribution in [2.45, 2.75) is 38.1 Å². The van der Waals surface area contributed by atoms with E-state index in [0.29, 0.717) is 18.5 Å². The lowest BCUT2D eigenvalue weighted by molar-refractivity contribution is 0.476. The number of nitrogens with two attached hydrogens (primary N) is 1. The fourth-order valence-electron chi connectivity index (χ4n) is 2.04. The van der Waals surface area contributed by atoms with Crippen LogP contribution in [-0.4, -0.2) is 30.5 Å². The predicted molar refractivity (Wildman–Crippen MR) is 76.7 cm³/mol. The van der Waals surface area contributed by atoms with Crippen molar-refractivity contribution >= 4 is 5.96 Å². The van der Waals surface area contributed by atoms with E-state index >= 15 is 0 Å². The van der Waals surface area contributed by atoms with Crippen molar-refractivity contribution in [3.63, 3.8) is 0 Å². The van der Waals surface area contributed by atoms with Gasteiger partial charge in [-0.2, -0.15) is 0 Å². The molecule has 2 rings (SSSR count). The molecule has 0 spiro atoms. The Balaban J connectivity index is 2.06. The van der Waals surface area contributed by atoms with Crippen LogP contribution in [0, 0.1) is 5.82 Å². The minimum Gasteiger partial charge on any atom is -0.370 e. The summed E-state index contributed by atoms with van der Waals surface area (Å²) in [6.45, 7) is 4.66. The van der Waals surface area contributed by atoms with Gasteiger partial charge in [0.05, 0.1) is 6.54 Å². The smallest absolute Gasteiger partial charge is 0.191 e. The Morgan fingerprint density at radius 3 is 2.74 bits per heavy atom. The van der Waals surface area contributed by atoms with Gasteiger partial charge in [0.1, 0.15) is 5.82 Å². The number of hydrogen-bond donors (Lipinski definition) is 1. The monoisotopic (exact) mass is 263 g/mol. The number of halogens is 1. The van der Waals surface area contributed by atoms with Gasteiger partial charge >= 0.3 is 0 Å². The van der Waals surface area contributed by atoms with Crippen molar-refractivity contribution < 1.29 is 4.39 Å². The molecule has 0 aliphatic heterocycles. The van der Waals surface area contributed by atoms with Crippen molar-refractivity contribution in [1.29, 1.82) is 0 Å². The van der Waals surface area contributed by atoms with E-state index in [1.165, 1.54) is 18.9 Å². The highest BCUT2D eigenvalue weighted by atomic mass is 19.1. The Labute approximate surface area is 114 Å². The van der Waals surface area contributed by atoms with Gasteiger partial charge in [0.2, 0.25) is 0 Å². The fourth-order valence-corrected chi connectivity index (χ4v) is 2.04. The second-order valence-electron chi connectivity index (χ2n) is 5.91. The maximum atomic E-state index is 13.3. The summed E-state index contributed by atoms with van der Waals surface area (Å²) in [4.78, 5) is 6.49. The molecule has 1 aromatic rings. The van der Waals surface area contributed by atoms with Crippen LogP contribution in [0.25, 0.3) is 0 Å². The molecule has 1 aliphatic carbocycles. The van der Waals surface area contributed by atoms with E-state index in [9.17, 15) is 4.39 Å². The van der Waals surface area contributed by atoms with E-state index < -0.39 is 0 Å². The normalized spacial score (nSPS) is 16.5. The molecule has 0 unspecified atom stereocenters. The van der Waals surface area contributed by atoms with Crippen LogP contribution in [0.4, 0.5) is 4.39 Å². The summed E-state index contributed by atoms with van der Waals surface area (Å²) in [7, 11) is 1.98. The Kier molecular flexibility index (Phi) is 3.78. The zero-order chi connectivity index (χ0) is 14.0. The van der Waals surface area contributed by atoms with Crippen LogP contribution in [0.1, 0.15) is 32.3 Å². The van der Waals surface area contributed by atoms with E-state index in [-0.39, 0.29) is 11.2 Å². The molecule has 104 valence electrons. The van der Waals surface area contributed by atoms with Crippen LogP contribution in [0.5, 0.6) is 0 Å². The minimum absolute atomic E-state index is 0.211. The standard InChI is InChI=1S/C15H22FN3/c1-15(2,11-5-4-6-12(16)9-11)10-18-14(17)19(3)13-7-8-13/h4-6,9,13H,7-8,10H2,1-3H3,(H2,17,18). The van der Waals surface area contributed by atoms with Crippen molar-refractivity contribution in [3.8, 4) is 0 Å². The SMILES string of the molecule is CN(C(N)=NCC(C)(C)c1cccc(F)c1)C1CC1. The van der Waals surface area contributed by atoms with Gasteiger partial charge in [-0.3, -0.25) is 4.99 Å². The zero-order valence-electron chi connectivity index (χ0n) is 11.9. The van der Waals surface area contributed by atoms with E-state index in [1.807, 2.05) is 18.0 Å². The number of hydrogen-bond acceptors (Lipinski definition) is 1. The predicted octanol–water partition coefficient (Wildman–Crippen LogP) is 2.51. The molecule has 19 heavy (non-hydrogen) atoms. The average Bonchev–Trinajstić information content (AvgIpc) is 3.19. The summed E-state index contributed by atoms with van der Waals surface area (Å²) < 4.78 is 13.3. The first-order chi connectivity index (χ1) is 8.90. The molecule has 1 saturated carbocycles. The first-order valence-corrected chi connectivity index (χ1v) is 6.69. The lowest BCUT2D eigenvalue weighted by Gasteiger charge is -2.25. The third kappa shape index (κ3) is 3.46. The largest absolute Gasteiger partial charge is 0.370 e. The molecule has 0 amide bonds. The lowest BCUT2D eigenvalue weighted by Crippen LogP contribution is -2.37. The number of nitrogens with zero attached hydrogens (tertiary/aromatic N) is 2. The molecule has 0 saturated heterocycles. The van der Waals surface area contributed by atoms with E-state index in [0.717, 1.165) is 5.56 Å². The number of guanidine groups is 1. The first kappa shape index (κ1) is 13.8. The number of benzene rings is 1. The van der Waals surface area contributed by atoms with Gasteiger partial charge in [-0.25, -0.2) is 4.39 Å². The highest BCUT2D eigenvalue weighted by Crippen LogP contribution is 2.26. The lowest BCUT2D eigenvalue weighted by atomic mass is 9.85. The first-order valence-electron chi connectivity index (χ1n) is 6.69. The summed E-state index contributed by atoms with van der Waals surface area (Å²) >= 11 is 0. The highest BCUT2D eigenvalue weighted by Gasteiger charge is 2.28. The molecular weight excluding hydrogens is 241 g/mol. The van der Waals surface area contributed by atoms with Gasteiger partial charge in [0.25, 0.3) is 0 Å². The molecular formula is C15H22FN3. The van der Waals surface area contributed by atoms with Gasteiger partial charge in [0.15, 0.2) is 5.96 Å². The van der Waals surface area contributed by atoms with Crippen LogP contribution < -0.4 is 5.73 Å². The second-order valence-corrected chi connectivity index (χ2v) is 5.91. The molecule has 2 N–H and O–H groups in total. The summed E-state index contributed by atoms with van der Waals surface area (Å²) in [6.07, 6.45) is 2.39. The molecule has 0 radical (unpaired) electrons. The molecule has 0 heterocycles. The summed E-state index contributed by atoms with van der Waals surface area (Å²) in [5.41, 5.74) is 6.69. The second kappa shape index (κ2) is 5.19. The molecule has 4 heteroatoms. The highest BCUT2D eigenvalue weighted by molar-refractivity contribution is 5.78. The van der Waals surface area contributed by atoms with Crippen LogP contribution in [0.15, 0.2) is 29.3 Å². The maximum absolute atomic E-state index is 13.3. The zero-order valence-corrected chi connectivity index (χ0v) is 11.9. The van der Waals surface area contributed by atoms with E-state index in [2.05, 4.69) is 18.8 Å². The van der Waals surface area contributed by atoms with Gasteiger partial charge < -0.3 is 10.6 Å². The third-order valence-corrected chi connectivity index (χ3v) is 3.70. The van der Waals surface area contributed by atoms with Gasteiger partial charge in [-0.1, -0.05) is 26.0 Å². The quantitative estimate of drug-likeness (QED) is 0.670. The van der Waals surface area contributed by atoms with Crippen LogP contribution in [0.2, 0.25) is 0 Å². The molecule has 1 aliphatic rings. The maximum Gasteiger partial charge on any atom is 0.191 e. The van der Waals surface area contributed by atoms with Crippen molar-refractivity contribution in [1.82, 2.24) is 4.90 Å². The van der Waals surface area contributed by atoms with Crippen molar-refractivity contribution in [3.05, 3.63) is 35.6 Å². The molecule has 3 nitrogen and oxygen atoms in total. The Bertz CT molecular complexity index is 478. The summed E-state index contributed by atoms with van der Waals surface area (Å²) in [5, 5.41) is 0. The van der Waals surface area contributed by atoms with Gasteiger partial charge in [0, 0.05) is 18.5 Å². The Hall–Kier alpha value is -1.58. The fraction of sp³-hybridized carbons (Fsp3) is 0.533. The number of rotatable bonds is 4. The van der Waals surface area contributed by atoms with Gasteiger partial charge in [-0.05, 0) is 30.5 Å². The molecule has 0 atom stereocenters. The average molecular weight is 263 g/mol. The minimum atomic E-state index is -0.225.